The smallest absolute Gasteiger partial charge is 0.0833 e. The molecule has 2 N–H and O–H groups in total. The first kappa shape index (κ1) is 8.69. The zero-order valence-electron chi connectivity index (χ0n) is 8.03. The molecule has 72 valence electrons. The van der Waals surface area contributed by atoms with Crippen LogP contribution in [0.3, 0.4) is 0 Å². The fraction of sp³-hybridized carbons (Fsp3) is 0.778. The normalized spacial score (nSPS) is 19.8. The predicted octanol–water partition coefficient (Wildman–Crippen LogP) is 0.487. The molecule has 1 aromatic heterocycles. The van der Waals surface area contributed by atoms with Crippen molar-refractivity contribution in [3.05, 3.63) is 11.9 Å². The van der Waals surface area contributed by atoms with Crippen molar-refractivity contribution in [2.75, 3.05) is 6.54 Å². The van der Waals surface area contributed by atoms with Crippen molar-refractivity contribution in [3.63, 3.8) is 0 Å². The second-order valence-corrected chi connectivity index (χ2v) is 4.12. The highest BCUT2D eigenvalue weighted by atomic mass is 15.4. The summed E-state index contributed by atoms with van der Waals surface area (Å²) in [7, 11) is 1.90. The average Bonchev–Trinajstić information content (AvgIpc) is 2.44. The minimum atomic E-state index is 0.343. The molecule has 1 aromatic rings. The molecule has 0 atom stereocenters. The van der Waals surface area contributed by atoms with Crippen molar-refractivity contribution in [2.24, 2.45) is 18.2 Å². The van der Waals surface area contributed by atoms with Crippen LogP contribution < -0.4 is 5.73 Å². The zero-order chi connectivity index (χ0) is 9.31. The topological polar surface area (TPSA) is 56.7 Å². The van der Waals surface area contributed by atoms with Gasteiger partial charge in [-0.2, -0.15) is 0 Å². The highest BCUT2D eigenvalue weighted by Gasteiger charge is 2.36. The van der Waals surface area contributed by atoms with Gasteiger partial charge in [0.1, 0.15) is 0 Å². The quantitative estimate of drug-likeness (QED) is 0.736. The molecule has 0 aromatic carbocycles. The van der Waals surface area contributed by atoms with Gasteiger partial charge in [0.25, 0.3) is 0 Å². The van der Waals surface area contributed by atoms with E-state index in [9.17, 15) is 0 Å². The third-order valence-electron chi connectivity index (χ3n) is 3.05. The van der Waals surface area contributed by atoms with Crippen molar-refractivity contribution in [1.29, 1.82) is 0 Å². The van der Waals surface area contributed by atoms with E-state index in [4.69, 9.17) is 5.73 Å². The van der Waals surface area contributed by atoms with E-state index in [1.807, 2.05) is 13.2 Å². The molecule has 4 heteroatoms. The SMILES string of the molecule is Cn1cc(CC2(CN)CCC2)nn1. The molecule has 0 saturated heterocycles. The van der Waals surface area contributed by atoms with Gasteiger partial charge in [0.05, 0.1) is 5.69 Å². The van der Waals surface area contributed by atoms with Crippen LogP contribution in [0.15, 0.2) is 6.20 Å². The molecular weight excluding hydrogens is 164 g/mol. The van der Waals surface area contributed by atoms with Crippen molar-refractivity contribution in [2.45, 2.75) is 25.7 Å². The summed E-state index contributed by atoms with van der Waals surface area (Å²) < 4.78 is 1.75. The summed E-state index contributed by atoms with van der Waals surface area (Å²) >= 11 is 0. The minimum absolute atomic E-state index is 0.343. The molecule has 4 nitrogen and oxygen atoms in total. The molecule has 1 fully saturated rings. The van der Waals surface area contributed by atoms with Crippen molar-refractivity contribution in [3.8, 4) is 0 Å². The Morgan fingerprint density at radius 2 is 2.38 bits per heavy atom. The number of nitrogens with zero attached hydrogens (tertiary/aromatic N) is 3. The summed E-state index contributed by atoms with van der Waals surface area (Å²) in [5, 5.41) is 8.01. The molecule has 0 radical (unpaired) electrons. The molecule has 0 bridgehead atoms. The van der Waals surface area contributed by atoms with E-state index in [0.717, 1.165) is 18.7 Å². The molecule has 0 unspecified atom stereocenters. The van der Waals surface area contributed by atoms with Gasteiger partial charge in [-0.25, -0.2) is 0 Å². The van der Waals surface area contributed by atoms with Crippen LogP contribution in [0, 0.1) is 5.41 Å². The summed E-state index contributed by atoms with van der Waals surface area (Å²) in [5.41, 5.74) is 7.19. The van der Waals surface area contributed by atoms with Gasteiger partial charge in [-0.1, -0.05) is 11.6 Å². The van der Waals surface area contributed by atoms with Crippen LogP contribution in [0.1, 0.15) is 25.0 Å². The Hall–Kier alpha value is -0.900. The number of aromatic nitrogens is 3. The maximum absolute atomic E-state index is 5.77. The van der Waals surface area contributed by atoms with Gasteiger partial charge in [-0.05, 0) is 31.2 Å². The van der Waals surface area contributed by atoms with Gasteiger partial charge in [0.2, 0.25) is 0 Å². The lowest BCUT2D eigenvalue weighted by Crippen LogP contribution is -2.39. The van der Waals surface area contributed by atoms with Crippen LogP contribution in [0.25, 0.3) is 0 Å². The summed E-state index contributed by atoms with van der Waals surface area (Å²) in [4.78, 5) is 0. The molecule has 1 saturated carbocycles. The Bertz CT molecular complexity index is 282. The first-order valence-corrected chi connectivity index (χ1v) is 4.79. The minimum Gasteiger partial charge on any atom is -0.330 e. The maximum Gasteiger partial charge on any atom is 0.0833 e. The average molecular weight is 180 g/mol. The molecule has 1 aliphatic rings. The molecular formula is C9H16N4. The van der Waals surface area contributed by atoms with Gasteiger partial charge in [0.15, 0.2) is 0 Å². The fourth-order valence-electron chi connectivity index (χ4n) is 1.99. The third-order valence-corrected chi connectivity index (χ3v) is 3.05. The van der Waals surface area contributed by atoms with Gasteiger partial charge in [-0.15, -0.1) is 5.10 Å². The van der Waals surface area contributed by atoms with Crippen LogP contribution in [-0.2, 0) is 13.5 Å². The van der Waals surface area contributed by atoms with E-state index >= 15 is 0 Å². The monoisotopic (exact) mass is 180 g/mol. The number of aryl methyl sites for hydroxylation is 1. The second-order valence-electron chi connectivity index (χ2n) is 4.12. The Kier molecular flexibility index (Phi) is 2.07. The number of hydrogen-bond donors (Lipinski definition) is 1. The van der Waals surface area contributed by atoms with Gasteiger partial charge >= 0.3 is 0 Å². The van der Waals surface area contributed by atoms with E-state index in [-0.39, 0.29) is 0 Å². The lowest BCUT2D eigenvalue weighted by molar-refractivity contribution is 0.143. The Morgan fingerprint density at radius 3 is 2.77 bits per heavy atom. The summed E-state index contributed by atoms with van der Waals surface area (Å²) in [6, 6.07) is 0. The second kappa shape index (κ2) is 3.10. The molecule has 1 heterocycles. The fourth-order valence-corrected chi connectivity index (χ4v) is 1.99. The molecule has 13 heavy (non-hydrogen) atoms. The number of hydrogen-bond acceptors (Lipinski definition) is 3. The van der Waals surface area contributed by atoms with Crippen molar-refractivity contribution in [1.82, 2.24) is 15.0 Å². The van der Waals surface area contributed by atoms with E-state index in [1.165, 1.54) is 19.3 Å². The summed E-state index contributed by atoms with van der Waals surface area (Å²) in [6.45, 7) is 0.781. The van der Waals surface area contributed by atoms with Crippen molar-refractivity contribution < 1.29 is 0 Å². The lowest BCUT2D eigenvalue weighted by Gasteiger charge is -2.40. The third kappa shape index (κ3) is 1.58. The van der Waals surface area contributed by atoms with Crippen LogP contribution in [0.2, 0.25) is 0 Å². The first-order chi connectivity index (χ1) is 6.24. The molecule has 0 spiro atoms. The van der Waals surface area contributed by atoms with Crippen LogP contribution in [0.5, 0.6) is 0 Å². The molecule has 1 aliphatic carbocycles. The molecule has 0 amide bonds. The standard InChI is InChI=1S/C9H16N4/c1-13-6-8(11-12-13)5-9(7-10)3-2-4-9/h6H,2-5,7,10H2,1H3. The van der Waals surface area contributed by atoms with E-state index in [2.05, 4.69) is 10.3 Å². The van der Waals surface area contributed by atoms with Gasteiger partial charge < -0.3 is 5.73 Å². The largest absolute Gasteiger partial charge is 0.330 e. The van der Waals surface area contributed by atoms with Crippen LogP contribution >= 0.6 is 0 Å². The van der Waals surface area contributed by atoms with E-state index in [0.29, 0.717) is 5.41 Å². The van der Waals surface area contributed by atoms with E-state index < -0.39 is 0 Å². The maximum atomic E-state index is 5.77. The molecule has 0 aliphatic heterocycles. The highest BCUT2D eigenvalue weighted by molar-refractivity contribution is 5.02. The van der Waals surface area contributed by atoms with Gasteiger partial charge in [0, 0.05) is 13.2 Å². The Morgan fingerprint density at radius 1 is 1.62 bits per heavy atom. The Balaban J connectivity index is 2.04. The Labute approximate surface area is 78.1 Å². The van der Waals surface area contributed by atoms with Gasteiger partial charge in [-0.3, -0.25) is 4.68 Å². The number of nitrogens with two attached hydrogens (primary N) is 1. The lowest BCUT2D eigenvalue weighted by atomic mass is 9.66. The summed E-state index contributed by atoms with van der Waals surface area (Å²) in [5.74, 6) is 0. The predicted molar refractivity (Wildman–Crippen MR) is 50.0 cm³/mol. The first-order valence-electron chi connectivity index (χ1n) is 4.79. The van der Waals surface area contributed by atoms with E-state index in [1.54, 1.807) is 4.68 Å². The zero-order valence-corrected chi connectivity index (χ0v) is 8.03. The van der Waals surface area contributed by atoms with Crippen LogP contribution in [0.4, 0.5) is 0 Å². The summed E-state index contributed by atoms with van der Waals surface area (Å²) in [6.07, 6.45) is 6.80. The van der Waals surface area contributed by atoms with Crippen LogP contribution in [-0.4, -0.2) is 21.5 Å². The highest BCUT2D eigenvalue weighted by Crippen LogP contribution is 2.42. The number of rotatable bonds is 3. The van der Waals surface area contributed by atoms with Crippen molar-refractivity contribution >= 4 is 0 Å². The molecule has 2 rings (SSSR count).